The summed E-state index contributed by atoms with van der Waals surface area (Å²) in [6, 6.07) is 6.27. The third kappa shape index (κ3) is 3.22. The molecule has 0 fully saturated rings. The molecule has 0 bridgehead atoms. The number of nitrogens with two attached hydrogens (primary N) is 1. The van der Waals surface area contributed by atoms with E-state index in [1.807, 2.05) is 6.92 Å². The highest BCUT2D eigenvalue weighted by Crippen LogP contribution is 2.16. The van der Waals surface area contributed by atoms with Gasteiger partial charge in [-0.25, -0.2) is 4.98 Å². The zero-order chi connectivity index (χ0) is 15.6. The number of hydrogen-bond acceptors (Lipinski definition) is 4. The van der Waals surface area contributed by atoms with Crippen LogP contribution < -0.4 is 10.5 Å². The van der Waals surface area contributed by atoms with E-state index in [0.29, 0.717) is 23.6 Å². The maximum absolute atomic E-state index is 12.2. The average molecular weight is 307 g/mol. The standard InChI is InChI=1S/C13H17N5O2S/c1-3-18-8-12(16-9(18)2)21(19,20)17-11-6-4-10(5-7-11)13(14)15/h4-8,17H,3H2,1-2H3,(H3,14,15). The summed E-state index contributed by atoms with van der Waals surface area (Å²) in [5.74, 6) is 0.575. The minimum absolute atomic E-state index is 0.0162. The molecule has 112 valence electrons. The van der Waals surface area contributed by atoms with Crippen LogP contribution in [0.15, 0.2) is 35.5 Å². The number of amidine groups is 1. The van der Waals surface area contributed by atoms with Gasteiger partial charge in [0.2, 0.25) is 0 Å². The second kappa shape index (κ2) is 5.57. The first-order chi connectivity index (χ1) is 9.83. The van der Waals surface area contributed by atoms with Crippen molar-refractivity contribution in [2.24, 2.45) is 5.73 Å². The zero-order valence-electron chi connectivity index (χ0n) is 11.8. The lowest BCUT2D eigenvalue weighted by atomic mass is 10.2. The fourth-order valence-corrected chi connectivity index (χ4v) is 2.92. The van der Waals surface area contributed by atoms with Gasteiger partial charge in [-0.1, -0.05) is 0 Å². The van der Waals surface area contributed by atoms with Gasteiger partial charge < -0.3 is 10.3 Å². The number of nitrogens with zero attached hydrogens (tertiary/aromatic N) is 2. The quantitative estimate of drug-likeness (QED) is 0.570. The third-order valence-corrected chi connectivity index (χ3v) is 4.27. The van der Waals surface area contributed by atoms with E-state index in [9.17, 15) is 8.42 Å². The number of anilines is 1. The van der Waals surface area contributed by atoms with Crippen molar-refractivity contribution in [3.8, 4) is 0 Å². The van der Waals surface area contributed by atoms with Crippen molar-refractivity contribution in [2.45, 2.75) is 25.4 Å². The molecule has 0 aliphatic carbocycles. The molecule has 0 saturated carbocycles. The highest BCUT2D eigenvalue weighted by Gasteiger charge is 2.19. The van der Waals surface area contributed by atoms with Crippen LogP contribution >= 0.6 is 0 Å². The molecule has 0 atom stereocenters. The smallest absolute Gasteiger partial charge is 0.280 e. The predicted molar refractivity (Wildman–Crippen MR) is 80.9 cm³/mol. The van der Waals surface area contributed by atoms with E-state index in [0.717, 1.165) is 0 Å². The molecular weight excluding hydrogens is 290 g/mol. The number of sulfonamides is 1. The first-order valence-corrected chi connectivity index (χ1v) is 7.83. The van der Waals surface area contributed by atoms with Gasteiger partial charge in [-0.05, 0) is 38.1 Å². The van der Waals surface area contributed by atoms with E-state index in [1.165, 1.54) is 6.20 Å². The number of imidazole rings is 1. The van der Waals surface area contributed by atoms with Gasteiger partial charge in [0.05, 0.1) is 0 Å². The average Bonchev–Trinajstić information content (AvgIpc) is 2.81. The minimum Gasteiger partial charge on any atom is -0.384 e. The summed E-state index contributed by atoms with van der Waals surface area (Å²) >= 11 is 0. The number of nitrogen functional groups attached to an aromatic ring is 1. The van der Waals surface area contributed by atoms with Gasteiger partial charge in [-0.3, -0.25) is 10.1 Å². The van der Waals surface area contributed by atoms with E-state index in [-0.39, 0.29) is 10.9 Å². The number of benzene rings is 1. The van der Waals surface area contributed by atoms with Crippen molar-refractivity contribution in [1.29, 1.82) is 5.41 Å². The Labute approximate surface area is 123 Å². The Morgan fingerprint density at radius 3 is 2.48 bits per heavy atom. The lowest BCUT2D eigenvalue weighted by molar-refractivity contribution is 0.598. The number of aromatic nitrogens is 2. The van der Waals surface area contributed by atoms with Crippen molar-refractivity contribution in [1.82, 2.24) is 9.55 Å². The van der Waals surface area contributed by atoms with Crippen molar-refractivity contribution in [2.75, 3.05) is 4.72 Å². The van der Waals surface area contributed by atoms with Gasteiger partial charge in [-0.2, -0.15) is 8.42 Å². The molecule has 0 aliphatic rings. The molecule has 2 aromatic rings. The van der Waals surface area contributed by atoms with Crippen LogP contribution in [0.2, 0.25) is 0 Å². The highest BCUT2D eigenvalue weighted by atomic mass is 32.2. The van der Waals surface area contributed by atoms with Crippen LogP contribution in [0.1, 0.15) is 18.3 Å². The van der Waals surface area contributed by atoms with E-state index in [4.69, 9.17) is 11.1 Å². The maximum atomic E-state index is 12.2. The predicted octanol–water partition coefficient (Wildman–Crippen LogP) is 1.30. The van der Waals surface area contributed by atoms with Crippen LogP contribution in [0, 0.1) is 12.3 Å². The van der Waals surface area contributed by atoms with Gasteiger partial charge in [-0.15, -0.1) is 0 Å². The summed E-state index contributed by atoms with van der Waals surface area (Å²) in [5.41, 5.74) is 6.27. The number of nitrogens with one attached hydrogen (secondary N) is 2. The summed E-state index contributed by atoms with van der Waals surface area (Å²) in [4.78, 5) is 4.05. The van der Waals surface area contributed by atoms with Crippen molar-refractivity contribution in [3.05, 3.63) is 41.9 Å². The Morgan fingerprint density at radius 2 is 2.00 bits per heavy atom. The van der Waals surface area contributed by atoms with E-state index in [1.54, 1.807) is 35.8 Å². The fraction of sp³-hybridized carbons (Fsp3) is 0.231. The molecular formula is C13H17N5O2S. The Kier molecular flexibility index (Phi) is 3.99. The first kappa shape index (κ1) is 15.0. The van der Waals surface area contributed by atoms with Crippen LogP contribution in [0.3, 0.4) is 0 Å². The first-order valence-electron chi connectivity index (χ1n) is 6.34. The number of rotatable bonds is 5. The molecule has 0 radical (unpaired) electrons. The largest absolute Gasteiger partial charge is 0.384 e. The monoisotopic (exact) mass is 307 g/mol. The van der Waals surface area contributed by atoms with E-state index >= 15 is 0 Å². The van der Waals surface area contributed by atoms with Crippen LogP contribution in [0.4, 0.5) is 5.69 Å². The molecule has 2 rings (SSSR count). The third-order valence-electron chi connectivity index (χ3n) is 3.02. The molecule has 21 heavy (non-hydrogen) atoms. The minimum atomic E-state index is -3.73. The molecule has 0 amide bonds. The lowest BCUT2D eigenvalue weighted by Crippen LogP contribution is -2.14. The molecule has 0 spiro atoms. The van der Waals surface area contributed by atoms with Crippen LogP contribution in [0.25, 0.3) is 0 Å². The molecule has 1 aromatic carbocycles. The van der Waals surface area contributed by atoms with Crippen LogP contribution in [0.5, 0.6) is 0 Å². The van der Waals surface area contributed by atoms with Gasteiger partial charge >= 0.3 is 0 Å². The molecule has 4 N–H and O–H groups in total. The summed E-state index contributed by atoms with van der Waals surface area (Å²) in [6.45, 7) is 4.32. The van der Waals surface area contributed by atoms with Crippen LogP contribution in [-0.2, 0) is 16.6 Å². The molecule has 8 heteroatoms. The van der Waals surface area contributed by atoms with Gasteiger partial charge in [0, 0.05) is 24.0 Å². The molecule has 0 unspecified atom stereocenters. The van der Waals surface area contributed by atoms with E-state index in [2.05, 4.69) is 9.71 Å². The topological polar surface area (TPSA) is 114 Å². The molecule has 0 saturated heterocycles. The molecule has 1 aromatic heterocycles. The Morgan fingerprint density at radius 1 is 1.38 bits per heavy atom. The molecule has 0 aliphatic heterocycles. The normalized spacial score (nSPS) is 11.3. The summed E-state index contributed by atoms with van der Waals surface area (Å²) in [6.07, 6.45) is 1.50. The fourth-order valence-electron chi connectivity index (χ4n) is 1.85. The lowest BCUT2D eigenvalue weighted by Gasteiger charge is -2.06. The summed E-state index contributed by atoms with van der Waals surface area (Å²) < 4.78 is 28.7. The van der Waals surface area contributed by atoms with Crippen molar-refractivity contribution in [3.63, 3.8) is 0 Å². The Hall–Kier alpha value is -2.35. The zero-order valence-corrected chi connectivity index (χ0v) is 12.6. The van der Waals surface area contributed by atoms with Gasteiger partial charge in [0.15, 0.2) is 5.03 Å². The van der Waals surface area contributed by atoms with E-state index < -0.39 is 10.0 Å². The second-order valence-electron chi connectivity index (χ2n) is 4.51. The second-order valence-corrected chi connectivity index (χ2v) is 6.14. The molecule has 1 heterocycles. The van der Waals surface area contributed by atoms with Crippen LogP contribution in [-0.4, -0.2) is 23.8 Å². The highest BCUT2D eigenvalue weighted by molar-refractivity contribution is 7.92. The van der Waals surface area contributed by atoms with Crippen molar-refractivity contribution >= 4 is 21.5 Å². The SMILES string of the molecule is CCn1cc(S(=O)(=O)Nc2ccc(C(=N)N)cc2)nc1C. The van der Waals surface area contributed by atoms with Crippen molar-refractivity contribution < 1.29 is 8.42 Å². The van der Waals surface area contributed by atoms with Gasteiger partial charge in [0.1, 0.15) is 11.7 Å². The Bertz CT molecular complexity index is 762. The number of hydrogen-bond donors (Lipinski definition) is 3. The Balaban J connectivity index is 2.26. The summed E-state index contributed by atoms with van der Waals surface area (Å²) in [5, 5.41) is 7.28. The molecule has 7 nitrogen and oxygen atoms in total. The summed E-state index contributed by atoms with van der Waals surface area (Å²) in [7, 11) is -3.73. The number of aryl methyl sites for hydroxylation is 2. The van der Waals surface area contributed by atoms with Gasteiger partial charge in [0.25, 0.3) is 10.0 Å². The maximum Gasteiger partial charge on any atom is 0.280 e.